The Morgan fingerprint density at radius 3 is 2.92 bits per heavy atom. The van der Waals surface area contributed by atoms with E-state index >= 15 is 0 Å². The summed E-state index contributed by atoms with van der Waals surface area (Å²) in [6.45, 7) is 4.31. The van der Waals surface area contributed by atoms with Crippen molar-refractivity contribution in [3.05, 3.63) is 53.6 Å². The number of carbonyl (C=O) groups is 2. The Morgan fingerprint density at radius 1 is 1.27 bits per heavy atom. The minimum absolute atomic E-state index is 0.00582. The fourth-order valence-electron chi connectivity index (χ4n) is 4.08. The molecule has 1 aromatic heterocycles. The SMILES string of the molecule is CCn1ccnc1C1CCCCN1C(=O)CN1Cc2ccccc2C1=O. The molecule has 2 aromatic rings. The highest BCUT2D eigenvalue weighted by molar-refractivity contribution is 6.00. The first-order valence-electron chi connectivity index (χ1n) is 9.36. The fraction of sp³-hybridized carbons (Fsp3) is 0.450. The van der Waals surface area contributed by atoms with Gasteiger partial charge in [0.2, 0.25) is 5.91 Å². The van der Waals surface area contributed by atoms with Gasteiger partial charge in [0.1, 0.15) is 12.4 Å². The average Bonchev–Trinajstić information content (AvgIpc) is 3.27. The van der Waals surface area contributed by atoms with E-state index in [1.54, 1.807) is 11.1 Å². The molecule has 1 unspecified atom stereocenters. The van der Waals surface area contributed by atoms with Crippen LogP contribution in [0.15, 0.2) is 36.7 Å². The lowest BCUT2D eigenvalue weighted by atomic mass is 10.0. The van der Waals surface area contributed by atoms with Crippen LogP contribution in [0.1, 0.15) is 54.0 Å². The first kappa shape index (κ1) is 16.8. The molecule has 3 heterocycles. The second-order valence-electron chi connectivity index (χ2n) is 6.99. The summed E-state index contributed by atoms with van der Waals surface area (Å²) in [5.74, 6) is 0.927. The zero-order chi connectivity index (χ0) is 18.1. The molecule has 1 fully saturated rings. The summed E-state index contributed by atoms with van der Waals surface area (Å²) in [6.07, 6.45) is 6.79. The van der Waals surface area contributed by atoms with Gasteiger partial charge in [0.05, 0.1) is 6.04 Å². The molecule has 6 heteroatoms. The van der Waals surface area contributed by atoms with Crippen LogP contribution < -0.4 is 0 Å². The first-order valence-corrected chi connectivity index (χ1v) is 9.36. The first-order chi connectivity index (χ1) is 12.7. The highest BCUT2D eigenvalue weighted by atomic mass is 16.2. The van der Waals surface area contributed by atoms with Crippen LogP contribution in [0.2, 0.25) is 0 Å². The smallest absolute Gasteiger partial charge is 0.254 e. The number of hydrogen-bond donors (Lipinski definition) is 0. The largest absolute Gasteiger partial charge is 0.333 e. The van der Waals surface area contributed by atoms with E-state index in [1.165, 1.54) is 0 Å². The molecule has 0 spiro atoms. The number of carbonyl (C=O) groups excluding carboxylic acids is 2. The predicted octanol–water partition coefficient (Wildman–Crippen LogP) is 2.61. The normalized spacial score (nSPS) is 19.7. The summed E-state index contributed by atoms with van der Waals surface area (Å²) in [5, 5.41) is 0. The number of likely N-dealkylation sites (tertiary alicyclic amines) is 1. The maximum atomic E-state index is 13.1. The lowest BCUT2D eigenvalue weighted by Crippen LogP contribution is -2.45. The maximum absolute atomic E-state index is 13.1. The van der Waals surface area contributed by atoms with Crippen molar-refractivity contribution in [3.8, 4) is 0 Å². The summed E-state index contributed by atoms with van der Waals surface area (Å²) in [5.41, 5.74) is 1.72. The molecule has 0 radical (unpaired) electrons. The van der Waals surface area contributed by atoms with Gasteiger partial charge in [-0.3, -0.25) is 9.59 Å². The van der Waals surface area contributed by atoms with E-state index in [0.717, 1.165) is 49.3 Å². The van der Waals surface area contributed by atoms with Crippen LogP contribution in [-0.2, 0) is 17.9 Å². The number of fused-ring (bicyclic) bond motifs is 1. The topological polar surface area (TPSA) is 58.4 Å². The van der Waals surface area contributed by atoms with E-state index in [0.29, 0.717) is 6.54 Å². The molecule has 0 aliphatic carbocycles. The molecule has 2 aliphatic rings. The van der Waals surface area contributed by atoms with Gasteiger partial charge in [0.25, 0.3) is 5.91 Å². The van der Waals surface area contributed by atoms with Crippen LogP contribution in [0.4, 0.5) is 0 Å². The second-order valence-corrected chi connectivity index (χ2v) is 6.99. The zero-order valence-corrected chi connectivity index (χ0v) is 15.1. The molecule has 136 valence electrons. The van der Waals surface area contributed by atoms with Gasteiger partial charge >= 0.3 is 0 Å². The minimum Gasteiger partial charge on any atom is -0.333 e. The molecule has 0 N–H and O–H groups in total. The summed E-state index contributed by atoms with van der Waals surface area (Å²) in [4.78, 5) is 33.7. The van der Waals surface area contributed by atoms with Crippen molar-refractivity contribution in [3.63, 3.8) is 0 Å². The van der Waals surface area contributed by atoms with E-state index in [4.69, 9.17) is 0 Å². The number of hydrogen-bond acceptors (Lipinski definition) is 3. The van der Waals surface area contributed by atoms with Crippen LogP contribution in [0, 0.1) is 0 Å². The zero-order valence-electron chi connectivity index (χ0n) is 15.1. The molecule has 1 aromatic carbocycles. The van der Waals surface area contributed by atoms with Crippen molar-refractivity contribution in [2.45, 2.75) is 45.3 Å². The van der Waals surface area contributed by atoms with Gasteiger partial charge in [-0.1, -0.05) is 18.2 Å². The second kappa shape index (κ2) is 6.94. The molecule has 2 aliphatic heterocycles. The highest BCUT2D eigenvalue weighted by Gasteiger charge is 2.34. The highest BCUT2D eigenvalue weighted by Crippen LogP contribution is 2.31. The van der Waals surface area contributed by atoms with Crippen molar-refractivity contribution in [2.24, 2.45) is 0 Å². The molecule has 0 bridgehead atoms. The molecular formula is C20H24N4O2. The Hall–Kier alpha value is -2.63. The van der Waals surface area contributed by atoms with Crippen molar-refractivity contribution < 1.29 is 9.59 Å². The van der Waals surface area contributed by atoms with Crippen LogP contribution in [0.25, 0.3) is 0 Å². The number of nitrogens with zero attached hydrogens (tertiary/aromatic N) is 4. The van der Waals surface area contributed by atoms with Crippen LogP contribution in [0.3, 0.4) is 0 Å². The van der Waals surface area contributed by atoms with E-state index in [9.17, 15) is 9.59 Å². The Bertz CT molecular complexity index is 829. The van der Waals surface area contributed by atoms with Crippen LogP contribution >= 0.6 is 0 Å². The van der Waals surface area contributed by atoms with Gasteiger partial charge in [-0.25, -0.2) is 4.98 Å². The number of aryl methyl sites for hydroxylation is 1. The Morgan fingerprint density at radius 2 is 2.12 bits per heavy atom. The molecule has 6 nitrogen and oxygen atoms in total. The lowest BCUT2D eigenvalue weighted by molar-refractivity contribution is -0.136. The monoisotopic (exact) mass is 352 g/mol. The van der Waals surface area contributed by atoms with Crippen LogP contribution in [0.5, 0.6) is 0 Å². The van der Waals surface area contributed by atoms with Crippen molar-refractivity contribution >= 4 is 11.8 Å². The van der Waals surface area contributed by atoms with Crippen molar-refractivity contribution in [1.82, 2.24) is 19.4 Å². The molecule has 26 heavy (non-hydrogen) atoms. The summed E-state index contributed by atoms with van der Waals surface area (Å²) in [6, 6.07) is 7.60. The predicted molar refractivity (Wildman–Crippen MR) is 97.4 cm³/mol. The van der Waals surface area contributed by atoms with E-state index in [2.05, 4.69) is 16.5 Å². The standard InChI is InChI=1S/C20H24N4O2/c1-2-22-12-10-21-19(22)17-9-5-6-11-24(17)18(25)14-23-13-15-7-3-4-8-16(15)20(23)26/h3-4,7-8,10,12,17H,2,5-6,9,11,13-14H2,1H3. The maximum Gasteiger partial charge on any atom is 0.254 e. The van der Waals surface area contributed by atoms with Gasteiger partial charge < -0.3 is 14.4 Å². The van der Waals surface area contributed by atoms with E-state index < -0.39 is 0 Å². The van der Waals surface area contributed by atoms with Crippen molar-refractivity contribution in [1.29, 1.82) is 0 Å². The molecule has 1 atom stereocenters. The lowest BCUT2D eigenvalue weighted by Gasteiger charge is -2.36. The van der Waals surface area contributed by atoms with Gasteiger partial charge in [-0.15, -0.1) is 0 Å². The third-order valence-corrected chi connectivity index (χ3v) is 5.43. The van der Waals surface area contributed by atoms with E-state index in [-0.39, 0.29) is 24.4 Å². The van der Waals surface area contributed by atoms with Gasteiger partial charge in [0.15, 0.2) is 0 Å². The Balaban J connectivity index is 1.51. The number of rotatable bonds is 4. The Labute approximate surface area is 153 Å². The molecule has 1 saturated heterocycles. The number of imidazole rings is 1. The number of aromatic nitrogens is 2. The summed E-state index contributed by atoms with van der Waals surface area (Å²) >= 11 is 0. The van der Waals surface area contributed by atoms with E-state index in [1.807, 2.05) is 35.4 Å². The molecule has 0 saturated carbocycles. The summed E-state index contributed by atoms with van der Waals surface area (Å²) in [7, 11) is 0. The summed E-state index contributed by atoms with van der Waals surface area (Å²) < 4.78 is 2.10. The van der Waals surface area contributed by atoms with Crippen LogP contribution in [-0.4, -0.2) is 44.3 Å². The molecular weight excluding hydrogens is 328 g/mol. The molecule has 2 amide bonds. The quantitative estimate of drug-likeness (QED) is 0.850. The average molecular weight is 352 g/mol. The van der Waals surface area contributed by atoms with Gasteiger partial charge in [0, 0.05) is 37.6 Å². The Kier molecular flexibility index (Phi) is 4.49. The molecule has 4 rings (SSSR count). The number of piperidine rings is 1. The van der Waals surface area contributed by atoms with Crippen molar-refractivity contribution in [2.75, 3.05) is 13.1 Å². The minimum atomic E-state index is -0.0439. The number of amides is 2. The number of benzene rings is 1. The third kappa shape index (κ3) is 2.89. The van der Waals surface area contributed by atoms with Gasteiger partial charge in [-0.05, 0) is 37.8 Å². The third-order valence-electron chi connectivity index (χ3n) is 5.43. The van der Waals surface area contributed by atoms with Gasteiger partial charge in [-0.2, -0.15) is 0 Å². The fourth-order valence-corrected chi connectivity index (χ4v) is 4.08.